The van der Waals surface area contributed by atoms with Crippen molar-refractivity contribution in [2.45, 2.75) is 44.6 Å². The number of likely N-dealkylation sites (N-methyl/N-ethyl adjacent to an activating group) is 2. The lowest BCUT2D eigenvalue weighted by atomic mass is 9.81. The monoisotopic (exact) mass is 281 g/mol. The summed E-state index contributed by atoms with van der Waals surface area (Å²) in [5.41, 5.74) is -0.694. The van der Waals surface area contributed by atoms with Gasteiger partial charge in [-0.1, -0.05) is 19.3 Å². The lowest BCUT2D eigenvalue weighted by Crippen LogP contribution is -2.49. The highest BCUT2D eigenvalue weighted by molar-refractivity contribution is 6.08. The van der Waals surface area contributed by atoms with Gasteiger partial charge in [-0.15, -0.1) is 0 Å². The Bertz CT molecular complexity index is 429. The van der Waals surface area contributed by atoms with Crippen molar-refractivity contribution in [3.05, 3.63) is 0 Å². The highest BCUT2D eigenvalue weighted by Crippen LogP contribution is 2.39. The first-order valence-electron chi connectivity index (χ1n) is 7.28. The van der Waals surface area contributed by atoms with Crippen molar-refractivity contribution in [2.75, 3.05) is 27.2 Å². The van der Waals surface area contributed by atoms with Crippen LogP contribution in [0.25, 0.3) is 0 Å². The van der Waals surface area contributed by atoms with E-state index in [1.54, 1.807) is 19.0 Å². The van der Waals surface area contributed by atoms with Crippen LogP contribution in [-0.2, 0) is 9.59 Å². The minimum Gasteiger partial charge on any atom is -0.344 e. The van der Waals surface area contributed by atoms with Gasteiger partial charge in [0.2, 0.25) is 5.91 Å². The van der Waals surface area contributed by atoms with E-state index in [1.165, 1.54) is 4.90 Å². The average molecular weight is 281 g/mol. The molecule has 1 saturated carbocycles. The van der Waals surface area contributed by atoms with E-state index in [1.807, 2.05) is 6.92 Å². The fraction of sp³-hybridized carbons (Fsp3) is 0.786. The third-order valence-corrected chi connectivity index (χ3v) is 4.68. The summed E-state index contributed by atoms with van der Waals surface area (Å²) in [4.78, 5) is 41.1. The van der Waals surface area contributed by atoms with Crippen LogP contribution in [0.15, 0.2) is 0 Å². The largest absolute Gasteiger partial charge is 0.344 e. The van der Waals surface area contributed by atoms with Gasteiger partial charge >= 0.3 is 6.03 Å². The van der Waals surface area contributed by atoms with E-state index >= 15 is 0 Å². The number of rotatable bonds is 3. The summed E-state index contributed by atoms with van der Waals surface area (Å²) in [6, 6.07) is -0.338. The number of hydrogen-bond donors (Lipinski definition) is 0. The Balaban J connectivity index is 2.17. The van der Waals surface area contributed by atoms with Gasteiger partial charge in [-0.05, 0) is 19.8 Å². The van der Waals surface area contributed by atoms with E-state index in [-0.39, 0.29) is 24.4 Å². The van der Waals surface area contributed by atoms with Crippen LogP contribution in [0.5, 0.6) is 0 Å². The van der Waals surface area contributed by atoms with Crippen LogP contribution in [0.4, 0.5) is 4.79 Å². The van der Waals surface area contributed by atoms with E-state index in [4.69, 9.17) is 0 Å². The Morgan fingerprint density at radius 3 is 2.40 bits per heavy atom. The zero-order chi connectivity index (χ0) is 14.9. The standard InChI is InChI=1S/C14H23N3O3/c1-4-15(2)11(18)10-17-12(19)14(16(3)13(17)20)8-6-5-7-9-14/h4-10H2,1-3H3. The average Bonchev–Trinajstić information content (AvgIpc) is 2.63. The molecule has 2 aliphatic rings. The van der Waals surface area contributed by atoms with Gasteiger partial charge in [0.05, 0.1) is 0 Å². The Morgan fingerprint density at radius 1 is 1.25 bits per heavy atom. The summed E-state index contributed by atoms with van der Waals surface area (Å²) in [5.74, 6) is -0.391. The first-order chi connectivity index (χ1) is 9.44. The van der Waals surface area contributed by atoms with E-state index in [0.29, 0.717) is 19.4 Å². The number of nitrogens with zero attached hydrogens (tertiary/aromatic N) is 3. The number of carbonyl (C=O) groups excluding carboxylic acids is 3. The molecule has 6 heteroatoms. The van der Waals surface area contributed by atoms with Crippen LogP contribution in [0.1, 0.15) is 39.0 Å². The van der Waals surface area contributed by atoms with Gasteiger partial charge in [-0.3, -0.25) is 14.5 Å². The quantitative estimate of drug-likeness (QED) is 0.727. The van der Waals surface area contributed by atoms with Gasteiger partial charge in [-0.25, -0.2) is 4.79 Å². The SMILES string of the molecule is CCN(C)C(=O)CN1C(=O)N(C)C2(CCCCC2)C1=O. The van der Waals surface area contributed by atoms with Gasteiger partial charge in [0.15, 0.2) is 0 Å². The molecule has 0 bridgehead atoms. The van der Waals surface area contributed by atoms with Crippen molar-refractivity contribution >= 4 is 17.8 Å². The molecule has 2 fully saturated rings. The van der Waals surface area contributed by atoms with E-state index in [2.05, 4.69) is 0 Å². The van der Waals surface area contributed by atoms with Crippen LogP contribution in [0, 0.1) is 0 Å². The smallest absolute Gasteiger partial charge is 0.327 e. The normalized spacial score (nSPS) is 21.8. The first-order valence-corrected chi connectivity index (χ1v) is 7.28. The Hall–Kier alpha value is -1.59. The second kappa shape index (κ2) is 5.42. The first kappa shape index (κ1) is 14.8. The summed E-state index contributed by atoms with van der Waals surface area (Å²) >= 11 is 0. The van der Waals surface area contributed by atoms with Crippen molar-refractivity contribution < 1.29 is 14.4 Å². The van der Waals surface area contributed by atoms with Crippen LogP contribution in [0.2, 0.25) is 0 Å². The number of carbonyl (C=O) groups is 3. The second-order valence-electron chi connectivity index (χ2n) is 5.73. The van der Waals surface area contributed by atoms with Crippen molar-refractivity contribution in [1.82, 2.24) is 14.7 Å². The zero-order valence-electron chi connectivity index (χ0n) is 12.5. The molecular formula is C14H23N3O3. The molecule has 20 heavy (non-hydrogen) atoms. The maximum atomic E-state index is 12.6. The molecule has 0 aromatic rings. The van der Waals surface area contributed by atoms with Gasteiger partial charge in [-0.2, -0.15) is 0 Å². The summed E-state index contributed by atoms with van der Waals surface area (Å²) in [6.07, 6.45) is 4.44. The number of urea groups is 1. The molecule has 0 aromatic heterocycles. The summed E-state index contributed by atoms with van der Waals surface area (Å²) in [5, 5.41) is 0. The molecule has 0 unspecified atom stereocenters. The lowest BCUT2D eigenvalue weighted by Gasteiger charge is -2.35. The van der Waals surface area contributed by atoms with Crippen molar-refractivity contribution in [1.29, 1.82) is 0 Å². The van der Waals surface area contributed by atoms with Gasteiger partial charge < -0.3 is 9.80 Å². The minimum atomic E-state index is -0.694. The van der Waals surface area contributed by atoms with Gasteiger partial charge in [0.1, 0.15) is 12.1 Å². The highest BCUT2D eigenvalue weighted by atomic mass is 16.2. The summed E-state index contributed by atoms with van der Waals surface area (Å²) < 4.78 is 0. The molecule has 0 radical (unpaired) electrons. The fourth-order valence-corrected chi connectivity index (χ4v) is 3.10. The second-order valence-corrected chi connectivity index (χ2v) is 5.73. The molecule has 0 aromatic carbocycles. The molecule has 0 N–H and O–H groups in total. The predicted molar refractivity (Wildman–Crippen MR) is 74.0 cm³/mol. The molecule has 1 aliphatic heterocycles. The summed E-state index contributed by atoms with van der Waals surface area (Å²) in [7, 11) is 3.35. The predicted octanol–water partition coefficient (Wildman–Crippen LogP) is 1.06. The molecule has 112 valence electrons. The number of amides is 4. The maximum Gasteiger partial charge on any atom is 0.327 e. The maximum absolute atomic E-state index is 12.6. The minimum absolute atomic E-state index is 0.145. The molecule has 2 rings (SSSR count). The Kier molecular flexibility index (Phi) is 4.01. The fourth-order valence-electron chi connectivity index (χ4n) is 3.10. The third-order valence-electron chi connectivity index (χ3n) is 4.68. The topological polar surface area (TPSA) is 60.9 Å². The van der Waals surface area contributed by atoms with E-state index < -0.39 is 5.54 Å². The Morgan fingerprint density at radius 2 is 1.85 bits per heavy atom. The lowest BCUT2D eigenvalue weighted by molar-refractivity contribution is -0.139. The molecular weight excluding hydrogens is 258 g/mol. The van der Waals surface area contributed by atoms with E-state index in [0.717, 1.165) is 24.2 Å². The molecule has 4 amide bonds. The van der Waals surface area contributed by atoms with Crippen LogP contribution < -0.4 is 0 Å². The van der Waals surface area contributed by atoms with E-state index in [9.17, 15) is 14.4 Å². The Labute approximate surface area is 119 Å². The zero-order valence-corrected chi connectivity index (χ0v) is 12.5. The molecule has 0 atom stereocenters. The van der Waals surface area contributed by atoms with Gasteiger partial charge in [0, 0.05) is 20.6 Å². The summed E-state index contributed by atoms with van der Waals surface area (Å²) in [6.45, 7) is 2.28. The molecule has 1 aliphatic carbocycles. The molecule has 1 spiro atoms. The van der Waals surface area contributed by atoms with Crippen molar-refractivity contribution in [2.24, 2.45) is 0 Å². The van der Waals surface area contributed by atoms with Gasteiger partial charge in [0.25, 0.3) is 5.91 Å². The molecule has 6 nitrogen and oxygen atoms in total. The van der Waals surface area contributed by atoms with Crippen molar-refractivity contribution in [3.63, 3.8) is 0 Å². The number of hydrogen-bond acceptors (Lipinski definition) is 3. The molecule has 1 saturated heterocycles. The highest BCUT2D eigenvalue weighted by Gasteiger charge is 2.55. The number of imide groups is 1. The van der Waals surface area contributed by atoms with Crippen molar-refractivity contribution in [3.8, 4) is 0 Å². The van der Waals surface area contributed by atoms with Crippen LogP contribution >= 0.6 is 0 Å². The third kappa shape index (κ3) is 2.17. The van der Waals surface area contributed by atoms with Crippen LogP contribution in [0.3, 0.4) is 0 Å². The molecule has 1 heterocycles. The van der Waals surface area contributed by atoms with Crippen LogP contribution in [-0.4, -0.2) is 65.3 Å².